The number of aliphatic carboxylic acids is 1. The van der Waals surface area contributed by atoms with Gasteiger partial charge < -0.3 is 9.84 Å². The van der Waals surface area contributed by atoms with Crippen molar-refractivity contribution in [2.24, 2.45) is 0 Å². The second-order valence-corrected chi connectivity index (χ2v) is 8.13. The molecule has 0 amide bonds. The normalized spacial score (nSPS) is 17.6. The maximum absolute atomic E-state index is 11.9. The molecule has 30 heavy (non-hydrogen) atoms. The molecule has 0 spiro atoms. The minimum Gasteiger partial charge on any atom is -0.480 e. The monoisotopic (exact) mass is 441 g/mol. The Morgan fingerprint density at radius 3 is 2.50 bits per heavy atom. The summed E-state index contributed by atoms with van der Waals surface area (Å²) >= 11 is 12.7. The van der Waals surface area contributed by atoms with E-state index in [-0.39, 0.29) is 6.04 Å². The van der Waals surface area contributed by atoms with Crippen LogP contribution in [0.4, 0.5) is 0 Å². The van der Waals surface area contributed by atoms with Crippen LogP contribution in [0.1, 0.15) is 30.0 Å². The minimum atomic E-state index is -0.820. The summed E-state index contributed by atoms with van der Waals surface area (Å²) in [6, 6.07) is 21.7. The highest BCUT2D eigenvalue weighted by molar-refractivity contribution is 6.35. The summed E-state index contributed by atoms with van der Waals surface area (Å²) in [6.07, 6.45) is 1.43. The van der Waals surface area contributed by atoms with Crippen molar-refractivity contribution < 1.29 is 14.6 Å². The Morgan fingerprint density at radius 1 is 1.00 bits per heavy atom. The fraction of sp³-hybridized carbons (Fsp3) is 0.208. The number of likely N-dealkylation sites (tertiary alicyclic amines) is 1. The first kappa shape index (κ1) is 20.7. The van der Waals surface area contributed by atoms with Crippen LogP contribution in [0.2, 0.25) is 10.0 Å². The number of carboxylic acid groups (broad SMARTS) is 1. The summed E-state index contributed by atoms with van der Waals surface area (Å²) in [5, 5.41) is 10.8. The Labute approximate surface area is 185 Å². The van der Waals surface area contributed by atoms with E-state index in [9.17, 15) is 9.90 Å². The zero-order valence-electron chi connectivity index (χ0n) is 16.2. The average Bonchev–Trinajstić information content (AvgIpc) is 3.21. The van der Waals surface area contributed by atoms with Crippen LogP contribution in [0, 0.1) is 0 Å². The second kappa shape index (κ2) is 9.09. The maximum atomic E-state index is 11.9. The molecule has 1 aliphatic rings. The fourth-order valence-electron chi connectivity index (χ4n) is 4.01. The number of rotatable bonds is 6. The lowest BCUT2D eigenvalue weighted by atomic mass is 9.96. The van der Waals surface area contributed by atoms with Crippen molar-refractivity contribution in [1.29, 1.82) is 0 Å². The van der Waals surface area contributed by atoms with Gasteiger partial charge in [-0.2, -0.15) is 0 Å². The van der Waals surface area contributed by atoms with Crippen molar-refractivity contribution in [2.45, 2.75) is 24.9 Å². The van der Waals surface area contributed by atoms with Gasteiger partial charge in [0.2, 0.25) is 0 Å². The first-order valence-corrected chi connectivity index (χ1v) is 10.5. The van der Waals surface area contributed by atoms with Gasteiger partial charge in [0, 0.05) is 16.6 Å². The van der Waals surface area contributed by atoms with Gasteiger partial charge in [0.15, 0.2) is 0 Å². The fourth-order valence-corrected chi connectivity index (χ4v) is 4.52. The highest BCUT2D eigenvalue weighted by Crippen LogP contribution is 2.40. The molecule has 1 N–H and O–H groups in total. The van der Waals surface area contributed by atoms with Crippen molar-refractivity contribution in [3.05, 3.63) is 94.0 Å². The molecule has 0 bridgehead atoms. The third-order valence-electron chi connectivity index (χ3n) is 5.32. The molecule has 154 valence electrons. The predicted octanol–water partition coefficient (Wildman–Crippen LogP) is 6.42. The number of hydrogen-bond acceptors (Lipinski definition) is 3. The van der Waals surface area contributed by atoms with Gasteiger partial charge in [0.25, 0.3) is 0 Å². The molecule has 1 aliphatic heterocycles. The van der Waals surface area contributed by atoms with Crippen LogP contribution in [-0.2, 0) is 4.79 Å². The summed E-state index contributed by atoms with van der Waals surface area (Å²) < 4.78 is 6.00. The van der Waals surface area contributed by atoms with Gasteiger partial charge in [0.05, 0.1) is 6.04 Å². The Bertz CT molecular complexity index is 1040. The lowest BCUT2D eigenvalue weighted by Gasteiger charge is -2.32. The van der Waals surface area contributed by atoms with Gasteiger partial charge in [-0.15, -0.1) is 0 Å². The van der Waals surface area contributed by atoms with E-state index in [0.29, 0.717) is 28.8 Å². The van der Waals surface area contributed by atoms with Crippen LogP contribution < -0.4 is 4.74 Å². The van der Waals surface area contributed by atoms with Gasteiger partial charge >= 0.3 is 5.97 Å². The zero-order chi connectivity index (χ0) is 21.1. The van der Waals surface area contributed by atoms with Gasteiger partial charge in [0.1, 0.15) is 17.5 Å². The highest BCUT2D eigenvalue weighted by atomic mass is 35.5. The summed E-state index contributed by atoms with van der Waals surface area (Å²) in [5.41, 5.74) is 1.74. The third kappa shape index (κ3) is 4.46. The molecule has 0 radical (unpaired) electrons. The summed E-state index contributed by atoms with van der Waals surface area (Å²) in [6.45, 7) is 0.671. The Balaban J connectivity index is 1.76. The van der Waals surface area contributed by atoms with Crippen LogP contribution in [0.25, 0.3) is 0 Å². The first-order valence-electron chi connectivity index (χ1n) is 9.79. The topological polar surface area (TPSA) is 49.8 Å². The summed E-state index contributed by atoms with van der Waals surface area (Å²) in [7, 11) is 0. The number of ether oxygens (including phenoxy) is 1. The standard InChI is InChI=1S/C24H21Cl2NO3/c25-17-11-12-20(21(26)15-17)23(27-13-5-10-22(27)24(28)29)16-6-4-9-19(14-16)30-18-7-2-1-3-8-18/h1-4,6-9,11-12,14-15,22-23H,5,10,13H2,(H,28,29). The molecule has 4 nitrogen and oxygen atoms in total. The number of para-hydroxylation sites is 1. The minimum absolute atomic E-state index is 0.322. The number of nitrogens with zero attached hydrogens (tertiary/aromatic N) is 1. The van der Waals surface area contributed by atoms with Gasteiger partial charge in [-0.1, -0.05) is 59.6 Å². The summed E-state index contributed by atoms with van der Waals surface area (Å²) in [4.78, 5) is 13.9. The molecule has 6 heteroatoms. The highest BCUT2D eigenvalue weighted by Gasteiger charge is 2.37. The molecule has 3 aromatic rings. The first-order chi connectivity index (χ1) is 14.5. The van der Waals surface area contributed by atoms with E-state index in [1.54, 1.807) is 12.1 Å². The van der Waals surface area contributed by atoms with Gasteiger partial charge in [-0.05, 0) is 60.4 Å². The zero-order valence-corrected chi connectivity index (χ0v) is 17.7. The molecule has 0 saturated carbocycles. The molecule has 3 aromatic carbocycles. The molecule has 2 atom stereocenters. The van der Waals surface area contributed by atoms with E-state index < -0.39 is 12.0 Å². The Kier molecular flexibility index (Phi) is 6.28. The number of benzene rings is 3. The predicted molar refractivity (Wildman–Crippen MR) is 119 cm³/mol. The van der Waals surface area contributed by atoms with Crippen LogP contribution in [0.15, 0.2) is 72.8 Å². The quantitative estimate of drug-likeness (QED) is 0.478. The Morgan fingerprint density at radius 2 is 1.77 bits per heavy atom. The maximum Gasteiger partial charge on any atom is 0.320 e. The number of hydrogen-bond donors (Lipinski definition) is 1. The van der Waals surface area contributed by atoms with Crippen molar-refractivity contribution in [3.8, 4) is 11.5 Å². The molecular formula is C24H21Cl2NO3. The molecule has 1 saturated heterocycles. The van der Waals surface area contributed by atoms with Crippen LogP contribution in [0.3, 0.4) is 0 Å². The number of halogens is 2. The third-order valence-corrected chi connectivity index (χ3v) is 5.88. The molecule has 4 rings (SSSR count). The molecular weight excluding hydrogens is 421 g/mol. The van der Waals surface area contributed by atoms with E-state index in [4.69, 9.17) is 27.9 Å². The van der Waals surface area contributed by atoms with E-state index in [2.05, 4.69) is 0 Å². The molecule has 1 heterocycles. The molecule has 0 aromatic heterocycles. The van der Waals surface area contributed by atoms with E-state index in [1.807, 2.05) is 65.6 Å². The van der Waals surface area contributed by atoms with E-state index >= 15 is 0 Å². The van der Waals surface area contributed by atoms with Crippen molar-refractivity contribution in [1.82, 2.24) is 4.90 Å². The SMILES string of the molecule is O=C(O)C1CCCN1C(c1cccc(Oc2ccccc2)c1)c1ccc(Cl)cc1Cl. The number of carbonyl (C=O) groups is 1. The second-order valence-electron chi connectivity index (χ2n) is 7.29. The van der Waals surface area contributed by atoms with Gasteiger partial charge in [-0.3, -0.25) is 9.69 Å². The van der Waals surface area contributed by atoms with Crippen molar-refractivity contribution in [2.75, 3.05) is 6.54 Å². The smallest absolute Gasteiger partial charge is 0.320 e. The molecule has 0 aliphatic carbocycles. The largest absolute Gasteiger partial charge is 0.480 e. The average molecular weight is 442 g/mol. The van der Waals surface area contributed by atoms with Crippen LogP contribution in [0.5, 0.6) is 11.5 Å². The van der Waals surface area contributed by atoms with Crippen molar-refractivity contribution in [3.63, 3.8) is 0 Å². The Hall–Kier alpha value is -2.53. The van der Waals surface area contributed by atoms with Crippen molar-refractivity contribution >= 4 is 29.2 Å². The van der Waals surface area contributed by atoms with Crippen LogP contribution >= 0.6 is 23.2 Å². The molecule has 2 unspecified atom stereocenters. The summed E-state index contributed by atoms with van der Waals surface area (Å²) in [5.74, 6) is 0.597. The number of carboxylic acids is 1. The van der Waals surface area contributed by atoms with Crippen LogP contribution in [-0.4, -0.2) is 28.6 Å². The van der Waals surface area contributed by atoms with E-state index in [1.165, 1.54) is 0 Å². The lowest BCUT2D eigenvalue weighted by molar-refractivity contribution is -0.142. The lowest BCUT2D eigenvalue weighted by Crippen LogP contribution is -2.39. The molecule has 1 fully saturated rings. The van der Waals surface area contributed by atoms with E-state index in [0.717, 1.165) is 23.3 Å². The van der Waals surface area contributed by atoms with Gasteiger partial charge in [-0.25, -0.2) is 0 Å².